The van der Waals surface area contributed by atoms with E-state index in [1.54, 1.807) is 7.05 Å². The van der Waals surface area contributed by atoms with Crippen LogP contribution in [0.2, 0.25) is 0 Å². The van der Waals surface area contributed by atoms with E-state index in [0.717, 1.165) is 6.42 Å². The highest BCUT2D eigenvalue weighted by molar-refractivity contribution is 6.18. The van der Waals surface area contributed by atoms with E-state index in [1.807, 2.05) is 30.3 Å². The number of hydrogen-bond acceptors (Lipinski definition) is 2. The number of carbonyl (C=O) groups is 1. The molecule has 0 spiro atoms. The van der Waals surface area contributed by atoms with E-state index in [2.05, 4.69) is 17.2 Å². The lowest BCUT2D eigenvalue weighted by atomic mass is 10.1. The maximum absolute atomic E-state index is 11.5. The standard InChI is InChI=1S/C13H17N3O/c1-10(12(14)15-2)13(17)16-9-8-11-6-4-3-5-7-11/h3-7H,1,8-9H2,2H3,(H2,14,15)(H,16,17). The maximum Gasteiger partial charge on any atom is 0.254 e. The van der Waals surface area contributed by atoms with E-state index >= 15 is 0 Å². The fourth-order valence-electron chi connectivity index (χ4n) is 1.34. The molecule has 0 saturated heterocycles. The lowest BCUT2D eigenvalue weighted by Gasteiger charge is -2.08. The molecule has 0 atom stereocenters. The molecule has 0 saturated carbocycles. The van der Waals surface area contributed by atoms with Gasteiger partial charge in [0.05, 0.1) is 5.57 Å². The number of hydrogen-bond donors (Lipinski definition) is 3. The molecule has 4 heteroatoms. The van der Waals surface area contributed by atoms with Gasteiger partial charge in [-0.15, -0.1) is 0 Å². The largest absolute Gasteiger partial charge is 0.373 e. The predicted octanol–water partition coefficient (Wildman–Crippen LogP) is 1.10. The number of rotatable bonds is 5. The van der Waals surface area contributed by atoms with Crippen molar-refractivity contribution in [2.75, 3.05) is 13.6 Å². The summed E-state index contributed by atoms with van der Waals surface area (Å²) in [6.07, 6.45) is 0.771. The number of amides is 1. The summed E-state index contributed by atoms with van der Waals surface area (Å²) in [6.45, 7) is 4.09. The molecule has 1 amide bonds. The monoisotopic (exact) mass is 231 g/mol. The Morgan fingerprint density at radius 2 is 2.00 bits per heavy atom. The van der Waals surface area contributed by atoms with Crippen molar-refractivity contribution in [2.45, 2.75) is 6.42 Å². The Morgan fingerprint density at radius 1 is 1.35 bits per heavy atom. The fraction of sp³-hybridized carbons (Fsp3) is 0.231. The molecule has 0 bridgehead atoms. The Bertz CT molecular complexity index is 412. The Balaban J connectivity index is 2.34. The highest BCUT2D eigenvalue weighted by Crippen LogP contribution is 1.98. The van der Waals surface area contributed by atoms with Crippen molar-refractivity contribution in [1.82, 2.24) is 10.6 Å². The van der Waals surface area contributed by atoms with Crippen LogP contribution >= 0.6 is 0 Å². The summed E-state index contributed by atoms with van der Waals surface area (Å²) < 4.78 is 0. The Labute approximate surface area is 101 Å². The molecule has 3 N–H and O–H groups in total. The first-order valence-corrected chi connectivity index (χ1v) is 5.43. The van der Waals surface area contributed by atoms with Gasteiger partial charge in [0.15, 0.2) is 0 Å². The van der Waals surface area contributed by atoms with Crippen LogP contribution in [0.5, 0.6) is 0 Å². The molecule has 0 aliphatic carbocycles. The van der Waals surface area contributed by atoms with E-state index in [0.29, 0.717) is 6.54 Å². The van der Waals surface area contributed by atoms with Gasteiger partial charge in [-0.3, -0.25) is 10.2 Å². The number of likely N-dealkylation sites (N-methyl/N-ethyl adjacent to an activating group) is 1. The third-order valence-electron chi connectivity index (χ3n) is 2.37. The first-order chi connectivity index (χ1) is 8.15. The summed E-state index contributed by atoms with van der Waals surface area (Å²) in [6, 6.07) is 9.91. The molecule has 0 radical (unpaired) electrons. The van der Waals surface area contributed by atoms with Crippen molar-refractivity contribution < 1.29 is 4.79 Å². The highest BCUT2D eigenvalue weighted by Gasteiger charge is 2.09. The van der Waals surface area contributed by atoms with Gasteiger partial charge in [0.25, 0.3) is 5.91 Å². The minimum atomic E-state index is -0.305. The normalized spacial score (nSPS) is 9.47. The SMILES string of the molecule is C=C(C(=N)NC)C(=O)NCCc1ccccc1. The van der Waals surface area contributed by atoms with Crippen molar-refractivity contribution >= 4 is 11.7 Å². The third kappa shape index (κ3) is 4.10. The molecule has 90 valence electrons. The first-order valence-electron chi connectivity index (χ1n) is 5.43. The molecule has 4 nitrogen and oxygen atoms in total. The van der Waals surface area contributed by atoms with E-state index in [1.165, 1.54) is 5.56 Å². The van der Waals surface area contributed by atoms with Crippen LogP contribution in [0.15, 0.2) is 42.5 Å². The first kappa shape index (κ1) is 13.0. The van der Waals surface area contributed by atoms with Crippen molar-refractivity contribution in [3.63, 3.8) is 0 Å². The third-order valence-corrected chi connectivity index (χ3v) is 2.37. The summed E-state index contributed by atoms with van der Waals surface area (Å²) in [4.78, 5) is 11.5. The number of nitrogens with one attached hydrogen (secondary N) is 3. The zero-order valence-electron chi connectivity index (χ0n) is 9.92. The molecule has 1 rings (SSSR count). The quantitative estimate of drug-likeness (QED) is 0.403. The van der Waals surface area contributed by atoms with Gasteiger partial charge in [0.1, 0.15) is 5.84 Å². The van der Waals surface area contributed by atoms with E-state index in [4.69, 9.17) is 5.41 Å². The summed E-state index contributed by atoms with van der Waals surface area (Å²) >= 11 is 0. The van der Waals surface area contributed by atoms with Crippen molar-refractivity contribution in [1.29, 1.82) is 5.41 Å². The molecular weight excluding hydrogens is 214 g/mol. The van der Waals surface area contributed by atoms with Gasteiger partial charge in [-0.25, -0.2) is 0 Å². The van der Waals surface area contributed by atoms with Crippen LogP contribution in [-0.4, -0.2) is 25.3 Å². The smallest absolute Gasteiger partial charge is 0.254 e. The van der Waals surface area contributed by atoms with Crippen LogP contribution < -0.4 is 10.6 Å². The van der Waals surface area contributed by atoms with E-state index < -0.39 is 0 Å². The van der Waals surface area contributed by atoms with E-state index in [-0.39, 0.29) is 17.3 Å². The lowest BCUT2D eigenvalue weighted by Crippen LogP contribution is -2.33. The summed E-state index contributed by atoms with van der Waals surface area (Å²) in [5.74, 6) is -0.262. The molecule has 0 heterocycles. The minimum absolute atomic E-state index is 0.0437. The van der Waals surface area contributed by atoms with Crippen molar-refractivity contribution in [3.05, 3.63) is 48.0 Å². The van der Waals surface area contributed by atoms with Gasteiger partial charge < -0.3 is 10.6 Å². The number of amidine groups is 1. The van der Waals surface area contributed by atoms with Crippen LogP contribution in [0.1, 0.15) is 5.56 Å². The van der Waals surface area contributed by atoms with Crippen LogP contribution in [0, 0.1) is 5.41 Å². The Hall–Kier alpha value is -2.10. The molecule has 0 aromatic heterocycles. The van der Waals surface area contributed by atoms with Crippen LogP contribution in [0.3, 0.4) is 0 Å². The second-order valence-corrected chi connectivity index (χ2v) is 3.60. The molecule has 17 heavy (non-hydrogen) atoms. The minimum Gasteiger partial charge on any atom is -0.373 e. The van der Waals surface area contributed by atoms with Crippen molar-refractivity contribution in [3.8, 4) is 0 Å². The zero-order chi connectivity index (χ0) is 12.7. The molecule has 0 aliphatic heterocycles. The molecule has 0 unspecified atom stereocenters. The van der Waals surface area contributed by atoms with Gasteiger partial charge in [-0.05, 0) is 12.0 Å². The molecule has 1 aromatic carbocycles. The van der Waals surface area contributed by atoms with Gasteiger partial charge in [-0.1, -0.05) is 36.9 Å². The van der Waals surface area contributed by atoms with Gasteiger partial charge in [0, 0.05) is 13.6 Å². The topological polar surface area (TPSA) is 65.0 Å². The molecular formula is C13H17N3O. The second-order valence-electron chi connectivity index (χ2n) is 3.60. The summed E-state index contributed by atoms with van der Waals surface area (Å²) in [5, 5.41) is 12.7. The molecule has 0 aliphatic rings. The maximum atomic E-state index is 11.5. The van der Waals surface area contributed by atoms with Crippen molar-refractivity contribution in [2.24, 2.45) is 0 Å². The average Bonchev–Trinajstić information content (AvgIpc) is 2.38. The summed E-state index contributed by atoms with van der Waals surface area (Å²) in [5.41, 5.74) is 1.32. The highest BCUT2D eigenvalue weighted by atomic mass is 16.1. The van der Waals surface area contributed by atoms with Gasteiger partial charge >= 0.3 is 0 Å². The number of carbonyl (C=O) groups excluding carboxylic acids is 1. The molecule has 0 fully saturated rings. The van der Waals surface area contributed by atoms with Gasteiger partial charge in [-0.2, -0.15) is 0 Å². The Morgan fingerprint density at radius 3 is 2.59 bits per heavy atom. The Kier molecular flexibility index (Phi) is 4.94. The second kappa shape index (κ2) is 6.48. The van der Waals surface area contributed by atoms with E-state index in [9.17, 15) is 4.79 Å². The average molecular weight is 231 g/mol. The number of benzene rings is 1. The fourth-order valence-corrected chi connectivity index (χ4v) is 1.34. The van der Waals surface area contributed by atoms with Crippen LogP contribution in [0.25, 0.3) is 0 Å². The summed E-state index contributed by atoms with van der Waals surface area (Å²) in [7, 11) is 1.59. The zero-order valence-corrected chi connectivity index (χ0v) is 9.92. The van der Waals surface area contributed by atoms with Crippen LogP contribution in [-0.2, 0) is 11.2 Å². The lowest BCUT2D eigenvalue weighted by molar-refractivity contribution is -0.116. The predicted molar refractivity (Wildman–Crippen MR) is 69.1 cm³/mol. The van der Waals surface area contributed by atoms with Crippen LogP contribution in [0.4, 0.5) is 0 Å². The molecule has 1 aromatic rings. The van der Waals surface area contributed by atoms with Gasteiger partial charge in [0.2, 0.25) is 0 Å².